The van der Waals surface area contributed by atoms with Crippen LogP contribution in [0.5, 0.6) is 23.0 Å². The van der Waals surface area contributed by atoms with Crippen LogP contribution < -0.4 is 19.7 Å². The molecule has 174 valence electrons. The van der Waals surface area contributed by atoms with Crippen LogP contribution >= 0.6 is 0 Å². The molecule has 0 aromatic heterocycles. The van der Waals surface area contributed by atoms with Crippen molar-refractivity contribution in [2.75, 3.05) is 16.8 Å². The van der Waals surface area contributed by atoms with E-state index < -0.39 is 4.92 Å². The Morgan fingerprint density at radius 2 is 1.91 bits per heavy atom. The molecule has 0 atom stereocenters. The van der Waals surface area contributed by atoms with E-state index in [9.17, 15) is 19.7 Å². The van der Waals surface area contributed by atoms with E-state index in [1.807, 2.05) is 6.92 Å². The number of nitro benzene ring substituents is 1. The third kappa shape index (κ3) is 4.68. The first-order chi connectivity index (χ1) is 16.4. The SMILES string of the molecule is CCCCN1C(=O)c2c(Oc3cccc(NC(C)=O)c3)cc([N+](=O)[O-])cc2Oc2ccccc21. The van der Waals surface area contributed by atoms with Crippen molar-refractivity contribution in [1.29, 1.82) is 0 Å². The highest BCUT2D eigenvalue weighted by atomic mass is 16.6. The second-order valence-corrected chi connectivity index (χ2v) is 7.77. The summed E-state index contributed by atoms with van der Waals surface area (Å²) in [7, 11) is 0. The zero-order chi connectivity index (χ0) is 24.2. The van der Waals surface area contributed by atoms with Gasteiger partial charge >= 0.3 is 0 Å². The third-order valence-electron chi connectivity index (χ3n) is 5.21. The van der Waals surface area contributed by atoms with Gasteiger partial charge < -0.3 is 19.7 Å². The molecular formula is C25H23N3O6. The molecule has 9 heteroatoms. The van der Waals surface area contributed by atoms with Gasteiger partial charge in [0.2, 0.25) is 5.91 Å². The maximum Gasteiger partial charge on any atom is 0.276 e. The van der Waals surface area contributed by atoms with Gasteiger partial charge in [-0.25, -0.2) is 0 Å². The predicted octanol–water partition coefficient (Wildman–Crippen LogP) is 5.90. The Balaban J connectivity index is 1.84. The summed E-state index contributed by atoms with van der Waals surface area (Å²) in [5.41, 5.74) is 0.876. The number of nitrogens with zero attached hydrogens (tertiary/aromatic N) is 2. The highest BCUT2D eigenvalue weighted by molar-refractivity contribution is 6.11. The Hall–Kier alpha value is -4.40. The second kappa shape index (κ2) is 9.62. The number of non-ortho nitro benzene ring substituents is 1. The molecule has 9 nitrogen and oxygen atoms in total. The number of carbonyl (C=O) groups is 2. The Bertz CT molecular complexity index is 1270. The summed E-state index contributed by atoms with van der Waals surface area (Å²) in [6.45, 7) is 3.86. The third-order valence-corrected chi connectivity index (χ3v) is 5.21. The van der Waals surface area contributed by atoms with Gasteiger partial charge in [-0.15, -0.1) is 0 Å². The van der Waals surface area contributed by atoms with Crippen LogP contribution in [0.25, 0.3) is 0 Å². The van der Waals surface area contributed by atoms with Crippen LogP contribution in [0, 0.1) is 10.1 Å². The molecule has 3 aromatic carbocycles. The maximum atomic E-state index is 13.7. The fourth-order valence-electron chi connectivity index (χ4n) is 3.69. The van der Waals surface area contributed by atoms with Gasteiger partial charge in [0, 0.05) is 25.2 Å². The summed E-state index contributed by atoms with van der Waals surface area (Å²) in [5, 5.41) is 14.3. The lowest BCUT2D eigenvalue weighted by Crippen LogP contribution is -2.31. The lowest BCUT2D eigenvalue weighted by molar-refractivity contribution is -0.385. The molecule has 34 heavy (non-hydrogen) atoms. The largest absolute Gasteiger partial charge is 0.456 e. The molecule has 0 fully saturated rings. The van der Waals surface area contributed by atoms with Gasteiger partial charge in [-0.1, -0.05) is 31.5 Å². The number of carbonyl (C=O) groups excluding carboxylic acids is 2. The standard InChI is InChI=1S/C25H23N3O6/c1-3-4-12-27-20-10-5-6-11-21(20)34-23-15-18(28(31)32)14-22(24(23)25(27)30)33-19-9-7-8-17(13-19)26-16(2)29/h5-11,13-15H,3-4,12H2,1-2H3,(H,26,29). The van der Waals surface area contributed by atoms with Crippen molar-refractivity contribution >= 4 is 28.9 Å². The van der Waals surface area contributed by atoms with Crippen molar-refractivity contribution in [2.45, 2.75) is 26.7 Å². The molecule has 0 saturated carbocycles. The lowest BCUT2D eigenvalue weighted by Gasteiger charge is -2.22. The first kappa shape index (κ1) is 22.8. The van der Waals surface area contributed by atoms with Crippen molar-refractivity contribution in [3.05, 3.63) is 76.3 Å². The van der Waals surface area contributed by atoms with Gasteiger partial charge in [0.25, 0.3) is 11.6 Å². The van der Waals surface area contributed by atoms with Gasteiger partial charge in [0.05, 0.1) is 22.7 Å². The van der Waals surface area contributed by atoms with E-state index in [2.05, 4.69) is 5.32 Å². The fourth-order valence-corrected chi connectivity index (χ4v) is 3.69. The first-order valence-corrected chi connectivity index (χ1v) is 10.8. The lowest BCUT2D eigenvalue weighted by atomic mass is 10.1. The number of unbranched alkanes of at least 4 members (excludes halogenated alkanes) is 1. The van der Waals surface area contributed by atoms with E-state index in [0.29, 0.717) is 29.4 Å². The van der Waals surface area contributed by atoms with Crippen LogP contribution in [0.15, 0.2) is 60.7 Å². The zero-order valence-corrected chi connectivity index (χ0v) is 18.7. The number of para-hydroxylation sites is 2. The highest BCUT2D eigenvalue weighted by Gasteiger charge is 2.33. The molecule has 4 rings (SSSR count). The van der Waals surface area contributed by atoms with Gasteiger partial charge in [-0.2, -0.15) is 0 Å². The van der Waals surface area contributed by atoms with E-state index in [0.717, 1.165) is 12.8 Å². The summed E-state index contributed by atoms with van der Waals surface area (Å²) in [6.07, 6.45) is 1.64. The summed E-state index contributed by atoms with van der Waals surface area (Å²) < 4.78 is 12.0. The Morgan fingerprint density at radius 1 is 1.12 bits per heavy atom. The average molecular weight is 461 g/mol. The molecule has 1 aliphatic rings. The second-order valence-electron chi connectivity index (χ2n) is 7.77. The number of amides is 2. The topological polar surface area (TPSA) is 111 Å². The minimum Gasteiger partial charge on any atom is -0.456 e. The molecule has 0 aliphatic carbocycles. The number of fused-ring (bicyclic) bond motifs is 2. The van der Waals surface area contributed by atoms with Gasteiger partial charge in [-0.05, 0) is 30.7 Å². The highest BCUT2D eigenvalue weighted by Crippen LogP contribution is 2.45. The summed E-state index contributed by atoms with van der Waals surface area (Å²) >= 11 is 0. The maximum absolute atomic E-state index is 13.7. The van der Waals surface area contributed by atoms with Gasteiger partial charge in [-0.3, -0.25) is 19.7 Å². The predicted molar refractivity (Wildman–Crippen MR) is 127 cm³/mol. The monoisotopic (exact) mass is 461 g/mol. The minimum absolute atomic E-state index is 0.0107. The van der Waals surface area contributed by atoms with E-state index in [-0.39, 0.29) is 34.6 Å². The first-order valence-electron chi connectivity index (χ1n) is 10.8. The van der Waals surface area contributed by atoms with Gasteiger partial charge in [0.15, 0.2) is 17.2 Å². The van der Waals surface area contributed by atoms with Crippen molar-refractivity contribution < 1.29 is 24.0 Å². The normalized spacial score (nSPS) is 12.2. The van der Waals surface area contributed by atoms with E-state index in [1.165, 1.54) is 19.1 Å². The number of anilines is 2. The molecule has 0 saturated heterocycles. The van der Waals surface area contributed by atoms with Crippen LogP contribution in [-0.4, -0.2) is 23.3 Å². The minimum atomic E-state index is -0.569. The summed E-state index contributed by atoms with van der Waals surface area (Å²) in [6, 6.07) is 16.0. The Morgan fingerprint density at radius 3 is 2.65 bits per heavy atom. The average Bonchev–Trinajstić information content (AvgIpc) is 2.91. The molecule has 1 heterocycles. The molecule has 0 bridgehead atoms. The van der Waals surface area contributed by atoms with Crippen LogP contribution in [-0.2, 0) is 4.79 Å². The number of hydrogen-bond donors (Lipinski definition) is 1. The molecular weight excluding hydrogens is 438 g/mol. The van der Waals surface area contributed by atoms with E-state index in [4.69, 9.17) is 9.47 Å². The van der Waals surface area contributed by atoms with Crippen molar-refractivity contribution in [1.82, 2.24) is 0 Å². The molecule has 2 amide bonds. The Labute approximate surface area is 196 Å². The fraction of sp³-hybridized carbons (Fsp3) is 0.200. The number of nitro groups is 1. The van der Waals surface area contributed by atoms with E-state index >= 15 is 0 Å². The van der Waals surface area contributed by atoms with Crippen LogP contribution in [0.2, 0.25) is 0 Å². The number of rotatable bonds is 7. The number of ether oxygens (including phenoxy) is 2. The number of benzene rings is 3. The molecule has 1 N–H and O–H groups in total. The smallest absolute Gasteiger partial charge is 0.276 e. The van der Waals surface area contributed by atoms with Crippen LogP contribution in [0.3, 0.4) is 0 Å². The number of nitrogens with one attached hydrogen (secondary N) is 1. The van der Waals surface area contributed by atoms with Crippen LogP contribution in [0.1, 0.15) is 37.0 Å². The quantitative estimate of drug-likeness (QED) is 0.346. The van der Waals surface area contributed by atoms with E-state index in [1.54, 1.807) is 53.4 Å². The molecule has 0 unspecified atom stereocenters. The molecule has 0 spiro atoms. The molecule has 3 aromatic rings. The van der Waals surface area contributed by atoms with Crippen molar-refractivity contribution in [3.63, 3.8) is 0 Å². The zero-order valence-electron chi connectivity index (χ0n) is 18.7. The number of hydrogen-bond acceptors (Lipinski definition) is 6. The summed E-state index contributed by atoms with van der Waals surface area (Å²) in [4.78, 5) is 37.8. The van der Waals surface area contributed by atoms with Crippen molar-refractivity contribution in [2.24, 2.45) is 0 Å². The molecule has 0 radical (unpaired) electrons. The molecule has 1 aliphatic heterocycles. The van der Waals surface area contributed by atoms with Gasteiger partial charge in [0.1, 0.15) is 11.3 Å². The van der Waals surface area contributed by atoms with Crippen LogP contribution in [0.4, 0.5) is 17.1 Å². The Kier molecular flexibility index (Phi) is 6.44. The summed E-state index contributed by atoms with van der Waals surface area (Å²) in [5.74, 6) is 0.112. The van der Waals surface area contributed by atoms with Crippen molar-refractivity contribution in [3.8, 4) is 23.0 Å².